The van der Waals surface area contributed by atoms with Crippen LogP contribution in [-0.4, -0.2) is 9.97 Å². The predicted molar refractivity (Wildman–Crippen MR) is 64.3 cm³/mol. The normalized spacial score (nSPS) is 9.83. The van der Waals surface area contributed by atoms with Gasteiger partial charge in [-0.25, -0.2) is 9.18 Å². The molecule has 0 unspecified atom stereocenters. The highest BCUT2D eigenvalue weighted by atomic mass is 35.5. The molecule has 0 saturated heterocycles. The van der Waals surface area contributed by atoms with E-state index in [0.29, 0.717) is 5.02 Å². The minimum Gasteiger partial charge on any atom is -0.338 e. The summed E-state index contributed by atoms with van der Waals surface area (Å²) in [6.45, 7) is 0. The zero-order valence-electron chi connectivity index (χ0n) is 8.87. The molecule has 1 heterocycles. The van der Waals surface area contributed by atoms with Gasteiger partial charge < -0.3 is 5.32 Å². The molecule has 0 atom stereocenters. The summed E-state index contributed by atoms with van der Waals surface area (Å²) in [6, 6.07) is 6.99. The van der Waals surface area contributed by atoms with E-state index in [9.17, 15) is 9.18 Å². The highest BCUT2D eigenvalue weighted by molar-refractivity contribution is 6.30. The molecule has 0 aliphatic heterocycles. The van der Waals surface area contributed by atoms with E-state index in [2.05, 4.69) is 15.3 Å². The van der Waals surface area contributed by atoms with E-state index in [4.69, 9.17) is 16.9 Å². The Morgan fingerprint density at radius 1 is 1.44 bits per heavy atom. The van der Waals surface area contributed by atoms with Crippen LogP contribution < -0.4 is 11.0 Å². The largest absolute Gasteiger partial charge is 0.347 e. The molecule has 0 aliphatic carbocycles. The summed E-state index contributed by atoms with van der Waals surface area (Å²) in [5, 5.41) is 11.6. The van der Waals surface area contributed by atoms with Crippen molar-refractivity contribution in [3.8, 4) is 6.07 Å². The average Bonchev–Trinajstić information content (AvgIpc) is 2.33. The summed E-state index contributed by atoms with van der Waals surface area (Å²) in [6.07, 6.45) is 0. The van der Waals surface area contributed by atoms with Crippen LogP contribution >= 0.6 is 11.6 Å². The Morgan fingerprint density at radius 3 is 2.94 bits per heavy atom. The number of nitriles is 1. The molecule has 0 bridgehead atoms. The van der Waals surface area contributed by atoms with Crippen molar-refractivity contribution in [2.45, 2.75) is 0 Å². The van der Waals surface area contributed by atoms with E-state index in [0.717, 1.165) is 0 Å². The first kappa shape index (κ1) is 12.1. The van der Waals surface area contributed by atoms with Crippen LogP contribution in [-0.2, 0) is 0 Å². The number of rotatable bonds is 2. The van der Waals surface area contributed by atoms with Crippen LogP contribution in [0.15, 0.2) is 29.1 Å². The molecule has 0 aliphatic rings. The van der Waals surface area contributed by atoms with Crippen LogP contribution in [0.1, 0.15) is 5.69 Å². The van der Waals surface area contributed by atoms with Crippen LogP contribution in [0.3, 0.4) is 0 Å². The lowest BCUT2D eigenvalue weighted by atomic mass is 10.3. The van der Waals surface area contributed by atoms with Crippen molar-refractivity contribution in [1.82, 2.24) is 9.97 Å². The van der Waals surface area contributed by atoms with E-state index in [1.54, 1.807) is 6.07 Å². The maximum Gasteiger partial charge on any atom is 0.347 e. The molecule has 1 aromatic heterocycles. The first-order valence-electron chi connectivity index (χ1n) is 4.82. The van der Waals surface area contributed by atoms with Gasteiger partial charge in [-0.2, -0.15) is 10.2 Å². The fourth-order valence-electron chi connectivity index (χ4n) is 1.31. The highest BCUT2D eigenvalue weighted by Gasteiger charge is 2.06. The number of H-pyrrole nitrogens is 1. The molecule has 0 amide bonds. The van der Waals surface area contributed by atoms with Crippen molar-refractivity contribution >= 4 is 23.1 Å². The van der Waals surface area contributed by atoms with Crippen LogP contribution in [0.5, 0.6) is 0 Å². The Balaban J connectivity index is 2.40. The number of nitrogens with one attached hydrogen (secondary N) is 2. The highest BCUT2D eigenvalue weighted by Crippen LogP contribution is 2.22. The Morgan fingerprint density at radius 2 is 2.22 bits per heavy atom. The van der Waals surface area contributed by atoms with Crippen molar-refractivity contribution in [2.75, 3.05) is 5.32 Å². The molecular formula is C11H6ClFN4O. The van der Waals surface area contributed by atoms with Gasteiger partial charge in [0.05, 0.1) is 5.69 Å². The number of halogens is 2. The second-order valence-electron chi connectivity index (χ2n) is 3.35. The van der Waals surface area contributed by atoms with Gasteiger partial charge in [0.15, 0.2) is 0 Å². The van der Waals surface area contributed by atoms with Crippen LogP contribution in [0, 0.1) is 17.1 Å². The topological polar surface area (TPSA) is 81.6 Å². The lowest BCUT2D eigenvalue weighted by molar-refractivity contribution is 0.632. The third-order valence-electron chi connectivity index (χ3n) is 2.06. The second-order valence-corrected chi connectivity index (χ2v) is 3.78. The zero-order valence-corrected chi connectivity index (χ0v) is 9.62. The molecule has 5 nitrogen and oxygen atoms in total. The fraction of sp³-hybridized carbons (Fsp3) is 0. The van der Waals surface area contributed by atoms with E-state index < -0.39 is 11.5 Å². The molecule has 2 rings (SSSR count). The number of hydrogen-bond donors (Lipinski definition) is 2. The first-order valence-corrected chi connectivity index (χ1v) is 5.20. The standard InChI is InChI=1S/C11H6ClFN4O/c12-6-1-2-8(13)9(3-6)16-10-4-7(5-14)15-11(18)17-10/h1-4H,(H2,15,16,17,18). The summed E-state index contributed by atoms with van der Waals surface area (Å²) in [5.41, 5.74) is -0.594. The number of anilines is 2. The van der Waals surface area contributed by atoms with Gasteiger partial charge in [0.1, 0.15) is 23.4 Å². The SMILES string of the molecule is N#Cc1cc(Nc2cc(Cl)ccc2F)nc(=O)[nH]1. The Labute approximate surface area is 106 Å². The maximum atomic E-state index is 13.4. The van der Waals surface area contributed by atoms with Gasteiger partial charge in [-0.3, -0.25) is 4.98 Å². The van der Waals surface area contributed by atoms with Crippen molar-refractivity contribution in [2.24, 2.45) is 0 Å². The van der Waals surface area contributed by atoms with Gasteiger partial charge >= 0.3 is 5.69 Å². The maximum absolute atomic E-state index is 13.4. The van der Waals surface area contributed by atoms with E-state index in [1.807, 2.05) is 0 Å². The van der Waals surface area contributed by atoms with Crippen molar-refractivity contribution in [3.63, 3.8) is 0 Å². The molecule has 1 aromatic carbocycles. The Bertz CT molecular complexity index is 692. The van der Waals surface area contributed by atoms with E-state index in [1.165, 1.54) is 24.3 Å². The predicted octanol–water partition coefficient (Wildman–Crippen LogP) is 2.18. The van der Waals surface area contributed by atoms with E-state index in [-0.39, 0.29) is 17.2 Å². The third kappa shape index (κ3) is 2.64. The third-order valence-corrected chi connectivity index (χ3v) is 2.29. The van der Waals surface area contributed by atoms with E-state index >= 15 is 0 Å². The van der Waals surface area contributed by atoms with Crippen LogP contribution in [0.2, 0.25) is 5.02 Å². The Kier molecular flexibility index (Phi) is 3.26. The van der Waals surface area contributed by atoms with Crippen molar-refractivity contribution in [3.05, 3.63) is 51.3 Å². The summed E-state index contributed by atoms with van der Waals surface area (Å²) < 4.78 is 13.4. The summed E-state index contributed by atoms with van der Waals surface area (Å²) in [5.74, 6) is -0.476. The minimum absolute atomic E-state index is 0.0277. The quantitative estimate of drug-likeness (QED) is 0.871. The zero-order chi connectivity index (χ0) is 13.1. The molecule has 18 heavy (non-hydrogen) atoms. The van der Waals surface area contributed by atoms with Gasteiger partial charge in [0.2, 0.25) is 0 Å². The Hall–Kier alpha value is -2.39. The van der Waals surface area contributed by atoms with Crippen molar-refractivity contribution < 1.29 is 4.39 Å². The number of nitrogens with zero attached hydrogens (tertiary/aromatic N) is 2. The number of benzene rings is 1. The van der Waals surface area contributed by atoms with Crippen LogP contribution in [0.25, 0.3) is 0 Å². The molecular weight excluding hydrogens is 259 g/mol. The second kappa shape index (κ2) is 4.85. The molecule has 0 fully saturated rings. The van der Waals surface area contributed by atoms with Crippen LogP contribution in [0.4, 0.5) is 15.9 Å². The lowest BCUT2D eigenvalue weighted by Gasteiger charge is -2.06. The van der Waals surface area contributed by atoms with Gasteiger partial charge in [0.25, 0.3) is 0 Å². The molecule has 2 N–H and O–H groups in total. The number of aromatic nitrogens is 2. The smallest absolute Gasteiger partial charge is 0.338 e. The fourth-order valence-corrected chi connectivity index (χ4v) is 1.49. The summed E-state index contributed by atoms with van der Waals surface area (Å²) in [4.78, 5) is 16.9. The lowest BCUT2D eigenvalue weighted by Crippen LogP contribution is -2.13. The number of hydrogen-bond acceptors (Lipinski definition) is 4. The average molecular weight is 265 g/mol. The molecule has 0 radical (unpaired) electrons. The molecule has 7 heteroatoms. The van der Waals surface area contributed by atoms with Gasteiger partial charge in [0, 0.05) is 11.1 Å². The molecule has 90 valence electrons. The monoisotopic (exact) mass is 264 g/mol. The number of aromatic amines is 1. The van der Waals surface area contributed by atoms with Gasteiger partial charge in [-0.15, -0.1) is 0 Å². The van der Waals surface area contributed by atoms with Gasteiger partial charge in [-0.1, -0.05) is 11.6 Å². The summed E-state index contributed by atoms with van der Waals surface area (Å²) in [7, 11) is 0. The van der Waals surface area contributed by atoms with Gasteiger partial charge in [-0.05, 0) is 18.2 Å². The van der Waals surface area contributed by atoms with Crippen molar-refractivity contribution in [1.29, 1.82) is 5.26 Å². The molecule has 0 saturated carbocycles. The minimum atomic E-state index is -0.695. The summed E-state index contributed by atoms with van der Waals surface area (Å²) >= 11 is 5.73. The first-order chi connectivity index (χ1) is 8.58. The molecule has 0 spiro atoms. The molecule has 2 aromatic rings.